The van der Waals surface area contributed by atoms with Gasteiger partial charge in [0.15, 0.2) is 0 Å². The highest BCUT2D eigenvalue weighted by atomic mass is 35.5. The highest BCUT2D eigenvalue weighted by Gasteiger charge is 2.20. The summed E-state index contributed by atoms with van der Waals surface area (Å²) in [4.78, 5) is 27.8. The summed E-state index contributed by atoms with van der Waals surface area (Å²) in [5, 5.41) is 4.24. The molecule has 2 aromatic heterocycles. The molecule has 1 fully saturated rings. The van der Waals surface area contributed by atoms with Crippen molar-refractivity contribution in [1.29, 1.82) is 0 Å². The fraction of sp³-hybridized carbons (Fsp3) is 0.500. The quantitative estimate of drug-likeness (QED) is 0.375. The van der Waals surface area contributed by atoms with Gasteiger partial charge in [-0.25, -0.2) is 4.98 Å². The Balaban J connectivity index is 1.74. The summed E-state index contributed by atoms with van der Waals surface area (Å²) >= 11 is 6.67. The number of ether oxygens (including phenoxy) is 3. The van der Waals surface area contributed by atoms with Gasteiger partial charge in [0.1, 0.15) is 17.1 Å². The largest absolute Gasteiger partial charge is 0.497 e. The van der Waals surface area contributed by atoms with Gasteiger partial charge in [0, 0.05) is 75.2 Å². The Labute approximate surface area is 222 Å². The molecule has 0 saturated carbocycles. The van der Waals surface area contributed by atoms with Gasteiger partial charge in [0.2, 0.25) is 5.95 Å². The van der Waals surface area contributed by atoms with Crippen molar-refractivity contribution in [2.75, 3.05) is 79.6 Å². The van der Waals surface area contributed by atoms with Crippen molar-refractivity contribution in [3.8, 4) is 22.6 Å². The number of aryl methyl sites for hydroxylation is 1. The molecule has 0 unspecified atom stereocenters. The number of likely N-dealkylation sites (N-methyl/N-ethyl adjacent to an activating group) is 1. The molecule has 0 radical (unpaired) electrons. The lowest BCUT2D eigenvalue weighted by molar-refractivity contribution is 0.151. The molecule has 1 saturated heterocycles. The molecule has 0 spiro atoms. The number of methoxy groups -OCH3 is 3. The summed E-state index contributed by atoms with van der Waals surface area (Å²) in [5.41, 5.74) is 1.38. The zero-order valence-corrected chi connectivity index (χ0v) is 22.7. The summed E-state index contributed by atoms with van der Waals surface area (Å²) in [5.74, 6) is 1.43. The van der Waals surface area contributed by atoms with Gasteiger partial charge in [-0.05, 0) is 32.1 Å². The van der Waals surface area contributed by atoms with Crippen LogP contribution in [0, 0.1) is 0 Å². The number of piperazine rings is 1. The van der Waals surface area contributed by atoms with E-state index >= 15 is 0 Å². The maximum absolute atomic E-state index is 13.9. The molecule has 0 bridgehead atoms. The Hall–Kier alpha value is -2.92. The third-order valence-electron chi connectivity index (χ3n) is 6.63. The average Bonchev–Trinajstić information content (AvgIpc) is 2.91. The van der Waals surface area contributed by atoms with E-state index in [4.69, 9.17) is 30.8 Å². The Morgan fingerprint density at radius 1 is 1.03 bits per heavy atom. The van der Waals surface area contributed by atoms with E-state index in [-0.39, 0.29) is 5.56 Å². The molecular weight excluding hydrogens is 496 g/mol. The molecule has 1 aromatic carbocycles. The molecule has 10 nitrogen and oxygen atoms in total. The van der Waals surface area contributed by atoms with Crippen molar-refractivity contribution in [2.45, 2.75) is 13.0 Å². The number of halogens is 1. The topological polar surface area (TPSA) is 94.0 Å². The molecule has 4 rings (SSSR count). The highest BCUT2D eigenvalue weighted by molar-refractivity contribution is 6.35. The van der Waals surface area contributed by atoms with Crippen molar-refractivity contribution in [3.05, 3.63) is 39.8 Å². The fourth-order valence-electron chi connectivity index (χ4n) is 4.47. The van der Waals surface area contributed by atoms with E-state index < -0.39 is 0 Å². The van der Waals surface area contributed by atoms with E-state index in [1.807, 2.05) is 0 Å². The summed E-state index contributed by atoms with van der Waals surface area (Å²) in [6.07, 6.45) is 2.54. The smallest absolute Gasteiger partial charge is 0.260 e. The zero-order valence-electron chi connectivity index (χ0n) is 21.9. The number of rotatable bonds is 11. The lowest BCUT2D eigenvalue weighted by atomic mass is 10.0. The summed E-state index contributed by atoms with van der Waals surface area (Å²) < 4.78 is 17.7. The van der Waals surface area contributed by atoms with Crippen LogP contribution in [-0.4, -0.2) is 98.6 Å². The first-order chi connectivity index (χ1) is 17.9. The first-order valence-corrected chi connectivity index (χ1v) is 12.8. The second kappa shape index (κ2) is 12.6. The molecule has 0 amide bonds. The molecule has 1 aliphatic rings. The predicted octanol–water partition coefficient (Wildman–Crippen LogP) is 2.82. The molecule has 1 N–H and O–H groups in total. The molecule has 11 heteroatoms. The first-order valence-electron chi connectivity index (χ1n) is 12.4. The number of nitrogens with zero attached hydrogens (tertiary/aromatic N) is 5. The Bertz CT molecular complexity index is 1280. The van der Waals surface area contributed by atoms with Crippen LogP contribution >= 0.6 is 11.6 Å². The van der Waals surface area contributed by atoms with E-state index in [2.05, 4.69) is 27.1 Å². The standard InChI is InChI=1S/C26H35ClN6O4/c1-31-9-11-32(12-10-31)7-5-8-33-24-18(17-29-26(30-24)28-6-13-35-2)14-21(25(33)34)20-15-19(36-3)16-22(37-4)23(20)27/h14-17H,5-13H2,1-4H3,(H,28,29,30). The summed E-state index contributed by atoms with van der Waals surface area (Å²) in [7, 11) is 6.88. The van der Waals surface area contributed by atoms with Crippen LogP contribution in [-0.2, 0) is 11.3 Å². The Morgan fingerprint density at radius 2 is 1.81 bits per heavy atom. The van der Waals surface area contributed by atoms with E-state index in [0.29, 0.717) is 58.9 Å². The van der Waals surface area contributed by atoms with Crippen LogP contribution in [0.1, 0.15) is 6.42 Å². The SMILES string of the molecule is COCCNc1ncc2cc(-c3cc(OC)cc(OC)c3Cl)c(=O)n(CCCN3CCN(C)CC3)c2n1. The van der Waals surface area contributed by atoms with E-state index in [9.17, 15) is 4.79 Å². The monoisotopic (exact) mass is 530 g/mol. The van der Waals surface area contributed by atoms with Crippen LogP contribution in [0.25, 0.3) is 22.2 Å². The van der Waals surface area contributed by atoms with Crippen LogP contribution in [0.5, 0.6) is 11.5 Å². The van der Waals surface area contributed by atoms with Crippen molar-refractivity contribution >= 4 is 28.6 Å². The van der Waals surface area contributed by atoms with Gasteiger partial charge in [-0.2, -0.15) is 4.98 Å². The van der Waals surface area contributed by atoms with Crippen LogP contribution < -0.4 is 20.3 Å². The van der Waals surface area contributed by atoms with Gasteiger partial charge in [0.25, 0.3) is 5.56 Å². The number of anilines is 1. The number of hydrogen-bond donors (Lipinski definition) is 1. The minimum Gasteiger partial charge on any atom is -0.497 e. The lowest BCUT2D eigenvalue weighted by Gasteiger charge is -2.32. The molecule has 0 atom stereocenters. The second-order valence-electron chi connectivity index (χ2n) is 9.10. The van der Waals surface area contributed by atoms with Crippen molar-refractivity contribution in [2.24, 2.45) is 0 Å². The van der Waals surface area contributed by atoms with E-state index in [1.165, 1.54) is 7.11 Å². The molecule has 3 aromatic rings. The third kappa shape index (κ3) is 6.32. The average molecular weight is 531 g/mol. The highest BCUT2D eigenvalue weighted by Crippen LogP contribution is 2.38. The number of pyridine rings is 1. The van der Waals surface area contributed by atoms with Crippen LogP contribution in [0.15, 0.2) is 29.2 Å². The number of hydrogen-bond acceptors (Lipinski definition) is 9. The van der Waals surface area contributed by atoms with Gasteiger partial charge in [-0.15, -0.1) is 0 Å². The maximum atomic E-state index is 13.9. The van der Waals surface area contributed by atoms with Gasteiger partial charge in [-0.1, -0.05) is 11.6 Å². The Kier molecular flexibility index (Phi) is 9.20. The number of aromatic nitrogens is 3. The maximum Gasteiger partial charge on any atom is 0.260 e. The summed E-state index contributed by atoms with van der Waals surface area (Å²) in [6, 6.07) is 5.24. The number of benzene rings is 1. The van der Waals surface area contributed by atoms with Crippen molar-refractivity contribution in [1.82, 2.24) is 24.3 Å². The molecule has 3 heterocycles. The van der Waals surface area contributed by atoms with Gasteiger partial charge < -0.3 is 29.3 Å². The van der Waals surface area contributed by atoms with Crippen molar-refractivity contribution in [3.63, 3.8) is 0 Å². The normalized spacial score (nSPS) is 14.7. The minimum absolute atomic E-state index is 0.176. The van der Waals surface area contributed by atoms with Gasteiger partial charge in [0.05, 0.1) is 25.8 Å². The van der Waals surface area contributed by atoms with Crippen LogP contribution in [0.2, 0.25) is 5.02 Å². The number of fused-ring (bicyclic) bond motifs is 1. The third-order valence-corrected chi connectivity index (χ3v) is 7.02. The first kappa shape index (κ1) is 27.1. The lowest BCUT2D eigenvalue weighted by Crippen LogP contribution is -2.44. The van der Waals surface area contributed by atoms with Crippen molar-refractivity contribution < 1.29 is 14.2 Å². The minimum atomic E-state index is -0.176. The predicted molar refractivity (Wildman–Crippen MR) is 146 cm³/mol. The molecule has 0 aliphatic carbocycles. The van der Waals surface area contributed by atoms with Gasteiger partial charge in [-0.3, -0.25) is 9.36 Å². The number of nitrogens with one attached hydrogen (secondary N) is 1. The van der Waals surface area contributed by atoms with Crippen LogP contribution in [0.4, 0.5) is 5.95 Å². The Morgan fingerprint density at radius 3 is 2.51 bits per heavy atom. The fourth-order valence-corrected chi connectivity index (χ4v) is 4.76. The van der Waals surface area contributed by atoms with E-state index in [0.717, 1.165) is 44.5 Å². The molecule has 200 valence electrons. The summed E-state index contributed by atoms with van der Waals surface area (Å²) in [6.45, 7) is 6.67. The van der Waals surface area contributed by atoms with E-state index in [1.54, 1.807) is 43.2 Å². The second-order valence-corrected chi connectivity index (χ2v) is 9.47. The molecule has 37 heavy (non-hydrogen) atoms. The van der Waals surface area contributed by atoms with Gasteiger partial charge >= 0.3 is 0 Å². The van der Waals surface area contributed by atoms with Crippen LogP contribution in [0.3, 0.4) is 0 Å². The zero-order chi connectivity index (χ0) is 26.4. The molecule has 1 aliphatic heterocycles. The molecular formula is C26H35ClN6O4.